The van der Waals surface area contributed by atoms with Crippen molar-refractivity contribution in [2.24, 2.45) is 17.8 Å². The van der Waals surface area contributed by atoms with Gasteiger partial charge in [0.1, 0.15) is 5.69 Å². The number of carbonyl (C=O) groups is 1. The van der Waals surface area contributed by atoms with Gasteiger partial charge < -0.3 is 10.1 Å². The lowest BCUT2D eigenvalue weighted by molar-refractivity contribution is -0.0784. The topological polar surface area (TPSA) is 51.2 Å². The highest BCUT2D eigenvalue weighted by atomic mass is 16.5. The summed E-state index contributed by atoms with van der Waals surface area (Å²) in [5.41, 5.74) is 0.519. The highest BCUT2D eigenvalue weighted by Gasteiger charge is 2.57. The molecule has 21 heavy (non-hydrogen) atoms. The Kier molecular flexibility index (Phi) is 3.42. The molecule has 3 aliphatic rings. The molecule has 1 aromatic heterocycles. The number of nitrogens with zero attached hydrogens (tertiary/aromatic N) is 1. The fraction of sp³-hybridized carbons (Fsp3) is 0.647. The van der Waals surface area contributed by atoms with E-state index in [1.54, 1.807) is 12.3 Å². The van der Waals surface area contributed by atoms with E-state index in [-0.39, 0.29) is 11.9 Å². The van der Waals surface area contributed by atoms with Gasteiger partial charge in [-0.05, 0) is 24.5 Å². The fourth-order valence-corrected chi connectivity index (χ4v) is 4.58. The summed E-state index contributed by atoms with van der Waals surface area (Å²) in [6.07, 6.45) is 8.41. The van der Waals surface area contributed by atoms with Crippen LogP contribution in [-0.4, -0.2) is 29.6 Å². The van der Waals surface area contributed by atoms with Crippen LogP contribution in [-0.2, 0) is 4.74 Å². The Balaban J connectivity index is 1.48. The first-order valence-corrected chi connectivity index (χ1v) is 8.18. The second-order valence-electron chi connectivity index (χ2n) is 6.62. The number of rotatable bonds is 3. The number of amides is 1. The van der Waals surface area contributed by atoms with Crippen LogP contribution in [0, 0.1) is 17.8 Å². The third-order valence-corrected chi connectivity index (χ3v) is 5.58. The van der Waals surface area contributed by atoms with E-state index in [9.17, 15) is 4.79 Å². The zero-order valence-electron chi connectivity index (χ0n) is 12.2. The van der Waals surface area contributed by atoms with E-state index in [0.717, 1.165) is 18.9 Å². The predicted octanol–water partition coefficient (Wildman–Crippen LogP) is 2.41. The van der Waals surface area contributed by atoms with Crippen LogP contribution in [0.2, 0.25) is 0 Å². The van der Waals surface area contributed by atoms with Crippen molar-refractivity contribution in [3.05, 3.63) is 30.1 Å². The lowest BCUT2D eigenvalue weighted by Crippen LogP contribution is -2.63. The molecule has 0 spiro atoms. The number of aromatic nitrogens is 1. The Morgan fingerprint density at radius 2 is 2.10 bits per heavy atom. The van der Waals surface area contributed by atoms with Gasteiger partial charge in [0.25, 0.3) is 5.91 Å². The van der Waals surface area contributed by atoms with E-state index in [1.807, 2.05) is 12.1 Å². The number of hydrogen-bond donors (Lipinski definition) is 1. The Morgan fingerprint density at radius 1 is 1.24 bits per heavy atom. The van der Waals surface area contributed by atoms with Crippen molar-refractivity contribution in [2.75, 3.05) is 6.61 Å². The summed E-state index contributed by atoms with van der Waals surface area (Å²) >= 11 is 0. The average Bonchev–Trinajstić information content (AvgIpc) is 3.16. The maximum absolute atomic E-state index is 12.4. The molecule has 0 aromatic carbocycles. The second-order valence-corrected chi connectivity index (χ2v) is 6.62. The van der Waals surface area contributed by atoms with Gasteiger partial charge in [-0.2, -0.15) is 0 Å². The lowest BCUT2D eigenvalue weighted by Gasteiger charge is -2.50. The first-order valence-electron chi connectivity index (χ1n) is 8.18. The highest BCUT2D eigenvalue weighted by molar-refractivity contribution is 5.92. The quantitative estimate of drug-likeness (QED) is 0.928. The number of hydrogen-bond acceptors (Lipinski definition) is 3. The highest BCUT2D eigenvalue weighted by Crippen LogP contribution is 2.51. The van der Waals surface area contributed by atoms with Crippen LogP contribution in [0.5, 0.6) is 0 Å². The number of fused-ring (bicyclic) bond motifs is 1. The average molecular weight is 286 g/mol. The van der Waals surface area contributed by atoms with Crippen LogP contribution in [0.3, 0.4) is 0 Å². The number of nitrogens with one attached hydrogen (secondary N) is 1. The monoisotopic (exact) mass is 286 g/mol. The normalized spacial score (nSPS) is 35.2. The molecule has 0 bridgehead atoms. The zero-order chi connectivity index (χ0) is 14.2. The van der Waals surface area contributed by atoms with Gasteiger partial charge in [-0.3, -0.25) is 9.78 Å². The van der Waals surface area contributed by atoms with E-state index < -0.39 is 0 Å². The van der Waals surface area contributed by atoms with Crippen molar-refractivity contribution in [1.82, 2.24) is 10.3 Å². The fourth-order valence-electron chi connectivity index (χ4n) is 4.58. The molecule has 0 radical (unpaired) electrons. The summed E-state index contributed by atoms with van der Waals surface area (Å²) < 4.78 is 5.93. The number of ether oxygens (including phenoxy) is 1. The van der Waals surface area contributed by atoms with Crippen LogP contribution in [0.1, 0.15) is 42.6 Å². The van der Waals surface area contributed by atoms with Crippen LogP contribution in [0.25, 0.3) is 0 Å². The summed E-state index contributed by atoms with van der Waals surface area (Å²) in [5, 5.41) is 3.25. The summed E-state index contributed by atoms with van der Waals surface area (Å²) in [5.74, 6) is 1.74. The van der Waals surface area contributed by atoms with E-state index in [0.29, 0.717) is 23.6 Å². The molecular weight excluding hydrogens is 264 g/mol. The van der Waals surface area contributed by atoms with Gasteiger partial charge in [0.2, 0.25) is 0 Å². The van der Waals surface area contributed by atoms with Gasteiger partial charge >= 0.3 is 0 Å². The molecule has 3 fully saturated rings. The largest absolute Gasteiger partial charge is 0.377 e. The molecule has 1 N–H and O–H groups in total. The maximum Gasteiger partial charge on any atom is 0.270 e. The van der Waals surface area contributed by atoms with Crippen LogP contribution in [0.4, 0.5) is 0 Å². The zero-order valence-corrected chi connectivity index (χ0v) is 12.2. The van der Waals surface area contributed by atoms with Crippen LogP contribution >= 0.6 is 0 Å². The van der Waals surface area contributed by atoms with Crippen molar-refractivity contribution >= 4 is 5.91 Å². The summed E-state index contributed by atoms with van der Waals surface area (Å²) in [4.78, 5) is 16.5. The van der Waals surface area contributed by atoms with Crippen LogP contribution < -0.4 is 5.32 Å². The van der Waals surface area contributed by atoms with E-state index >= 15 is 0 Å². The molecule has 4 atom stereocenters. The minimum atomic E-state index is -0.0334. The Bertz CT molecular complexity index is 508. The first-order chi connectivity index (χ1) is 10.3. The number of pyridine rings is 1. The summed E-state index contributed by atoms with van der Waals surface area (Å²) in [6, 6.07) is 5.76. The van der Waals surface area contributed by atoms with Gasteiger partial charge in [0.05, 0.1) is 6.10 Å². The predicted molar refractivity (Wildman–Crippen MR) is 78.8 cm³/mol. The SMILES string of the molecule is O=C(N[C@H]1[C@@H]2CCO[C@@H]2[C@@H]1C1CCCC1)c1ccccn1. The third kappa shape index (κ3) is 2.26. The van der Waals surface area contributed by atoms with E-state index in [1.165, 1.54) is 25.7 Å². The molecule has 4 heteroatoms. The molecule has 1 saturated heterocycles. The minimum absolute atomic E-state index is 0.0334. The van der Waals surface area contributed by atoms with Gasteiger partial charge in [-0.25, -0.2) is 0 Å². The Labute approximate surface area is 125 Å². The Hall–Kier alpha value is -1.42. The van der Waals surface area contributed by atoms with Gasteiger partial charge in [-0.15, -0.1) is 0 Å². The van der Waals surface area contributed by atoms with Crippen molar-refractivity contribution < 1.29 is 9.53 Å². The molecule has 1 aromatic rings. The molecule has 2 heterocycles. The van der Waals surface area contributed by atoms with Crippen molar-refractivity contribution in [1.29, 1.82) is 0 Å². The van der Waals surface area contributed by atoms with Gasteiger partial charge in [0.15, 0.2) is 0 Å². The molecule has 4 nitrogen and oxygen atoms in total. The Morgan fingerprint density at radius 3 is 2.86 bits per heavy atom. The summed E-state index contributed by atoms with van der Waals surface area (Å²) in [6.45, 7) is 0.856. The van der Waals surface area contributed by atoms with Gasteiger partial charge in [0, 0.05) is 30.7 Å². The maximum atomic E-state index is 12.4. The molecule has 0 unspecified atom stereocenters. The molecule has 1 amide bonds. The summed E-state index contributed by atoms with van der Waals surface area (Å²) in [7, 11) is 0. The van der Waals surface area contributed by atoms with Crippen molar-refractivity contribution in [2.45, 2.75) is 44.2 Å². The van der Waals surface area contributed by atoms with E-state index in [4.69, 9.17) is 4.74 Å². The molecule has 2 saturated carbocycles. The molecular formula is C17H22N2O2. The smallest absolute Gasteiger partial charge is 0.270 e. The van der Waals surface area contributed by atoms with Crippen molar-refractivity contribution in [3.63, 3.8) is 0 Å². The number of carbonyl (C=O) groups excluding carboxylic acids is 1. The molecule has 4 rings (SSSR count). The van der Waals surface area contributed by atoms with Crippen LogP contribution in [0.15, 0.2) is 24.4 Å². The molecule has 2 aliphatic carbocycles. The lowest BCUT2D eigenvalue weighted by atomic mass is 9.61. The van der Waals surface area contributed by atoms with Gasteiger partial charge in [-0.1, -0.05) is 31.7 Å². The standard InChI is InChI=1S/C17H22N2O2/c20-17(13-7-3-4-9-18-13)19-15-12-8-10-21-16(12)14(15)11-5-1-2-6-11/h3-4,7,9,11-12,14-16H,1-2,5-6,8,10H2,(H,19,20)/t12-,14+,15-,16-/m0/s1. The minimum Gasteiger partial charge on any atom is -0.377 e. The van der Waals surface area contributed by atoms with Crippen molar-refractivity contribution in [3.8, 4) is 0 Å². The molecule has 1 aliphatic heterocycles. The molecule has 112 valence electrons. The second kappa shape index (κ2) is 5.41. The first kappa shape index (κ1) is 13.3. The van der Waals surface area contributed by atoms with E-state index in [2.05, 4.69) is 10.3 Å². The third-order valence-electron chi connectivity index (χ3n) is 5.58.